The second-order valence-corrected chi connectivity index (χ2v) is 15.2. The SMILES string of the molecule is Brc1ccc2nc3n(c2n1)C1(CCOc2ccccc21)COC3.CC1(C)C=C(c2ccc3nc4n(c3n2)C2(COC4)COc3ccccc32)CN1. The fourth-order valence-corrected chi connectivity index (χ4v) is 8.71. The zero-order valence-electron chi connectivity index (χ0n) is 28.4. The summed E-state index contributed by atoms with van der Waals surface area (Å²) in [4.78, 5) is 19.3. The average Bonchev–Trinajstić information content (AvgIpc) is 3.91. The van der Waals surface area contributed by atoms with Crippen LogP contribution in [0.5, 0.6) is 11.5 Å². The minimum atomic E-state index is -0.411. The molecule has 0 fully saturated rings. The Balaban J connectivity index is 0.000000131. The van der Waals surface area contributed by atoms with Crippen LogP contribution in [0.1, 0.15) is 48.7 Å². The maximum Gasteiger partial charge on any atom is 0.162 e. The molecule has 0 radical (unpaired) electrons. The van der Waals surface area contributed by atoms with Crippen molar-refractivity contribution in [2.75, 3.05) is 33.0 Å². The summed E-state index contributed by atoms with van der Waals surface area (Å²) in [5.41, 5.74) is 7.41. The lowest BCUT2D eigenvalue weighted by atomic mass is 9.84. The van der Waals surface area contributed by atoms with Crippen LogP contribution < -0.4 is 14.8 Å². The number of hydrogen-bond acceptors (Lipinski definition) is 9. The van der Waals surface area contributed by atoms with Crippen molar-refractivity contribution in [3.8, 4) is 11.5 Å². The van der Waals surface area contributed by atoms with E-state index in [-0.39, 0.29) is 11.1 Å². The van der Waals surface area contributed by atoms with Crippen LogP contribution in [0.15, 0.2) is 83.5 Å². The van der Waals surface area contributed by atoms with E-state index >= 15 is 0 Å². The molecule has 0 aliphatic carbocycles. The number of pyridine rings is 2. The fraction of sp³-hybridized carbons (Fsp3) is 0.333. The van der Waals surface area contributed by atoms with Gasteiger partial charge >= 0.3 is 0 Å². The molecule has 2 aromatic carbocycles. The molecule has 1 N–H and O–H groups in total. The summed E-state index contributed by atoms with van der Waals surface area (Å²) >= 11 is 3.48. The van der Waals surface area contributed by atoms with Crippen LogP contribution in [-0.2, 0) is 33.8 Å². The Morgan fingerprint density at radius 1 is 0.686 bits per heavy atom. The summed E-state index contributed by atoms with van der Waals surface area (Å²) in [6.45, 7) is 8.56. The van der Waals surface area contributed by atoms with Gasteiger partial charge in [-0.15, -0.1) is 0 Å². The molecule has 6 aromatic rings. The lowest BCUT2D eigenvalue weighted by Crippen LogP contribution is -2.47. The second-order valence-electron chi connectivity index (χ2n) is 14.4. The largest absolute Gasteiger partial charge is 0.493 e. The molecule has 5 aliphatic heterocycles. The van der Waals surface area contributed by atoms with Crippen LogP contribution in [0.2, 0.25) is 0 Å². The van der Waals surface area contributed by atoms with Gasteiger partial charge < -0.3 is 24.3 Å². The Bertz CT molecular complexity index is 2400. The van der Waals surface area contributed by atoms with Crippen LogP contribution in [0, 0.1) is 0 Å². The predicted octanol–water partition coefficient (Wildman–Crippen LogP) is 6.11. The summed E-state index contributed by atoms with van der Waals surface area (Å²) in [6.07, 6.45) is 3.11. The molecule has 0 saturated carbocycles. The molecule has 2 atom stereocenters. The number of fused-ring (bicyclic) bond motifs is 12. The second kappa shape index (κ2) is 11.4. The van der Waals surface area contributed by atoms with E-state index in [9.17, 15) is 0 Å². The molecule has 0 amide bonds. The van der Waals surface area contributed by atoms with Crippen molar-refractivity contribution in [3.63, 3.8) is 0 Å². The first-order chi connectivity index (χ1) is 24.8. The highest BCUT2D eigenvalue weighted by molar-refractivity contribution is 9.10. The monoisotopic (exact) mass is 745 g/mol. The van der Waals surface area contributed by atoms with E-state index in [0.717, 1.165) is 79.9 Å². The van der Waals surface area contributed by atoms with E-state index in [1.807, 2.05) is 42.5 Å². The maximum atomic E-state index is 6.05. The molecule has 11 rings (SSSR count). The minimum absolute atomic E-state index is 0.00386. The van der Waals surface area contributed by atoms with Gasteiger partial charge in [-0.3, -0.25) is 9.13 Å². The summed E-state index contributed by atoms with van der Waals surface area (Å²) < 4.78 is 29.1. The number of ether oxygens (including phenoxy) is 4. The lowest BCUT2D eigenvalue weighted by molar-refractivity contribution is 0.00397. The number of nitrogens with one attached hydrogen (secondary N) is 1. The van der Waals surface area contributed by atoms with Crippen LogP contribution in [-0.4, -0.2) is 67.6 Å². The van der Waals surface area contributed by atoms with Gasteiger partial charge in [-0.2, -0.15) is 0 Å². The molecule has 5 aliphatic rings. The average molecular weight is 747 g/mol. The fourth-order valence-electron chi connectivity index (χ4n) is 8.41. The van der Waals surface area contributed by atoms with Crippen molar-refractivity contribution in [1.82, 2.24) is 34.4 Å². The van der Waals surface area contributed by atoms with Gasteiger partial charge in [0.15, 0.2) is 11.3 Å². The van der Waals surface area contributed by atoms with Gasteiger partial charge in [0.05, 0.1) is 25.5 Å². The molecule has 4 aromatic heterocycles. The predicted molar refractivity (Wildman–Crippen MR) is 195 cm³/mol. The van der Waals surface area contributed by atoms with Crippen LogP contribution >= 0.6 is 15.9 Å². The topological polar surface area (TPSA) is 110 Å². The summed E-state index contributed by atoms with van der Waals surface area (Å²) in [6, 6.07) is 24.5. The first kappa shape index (κ1) is 31.1. The maximum absolute atomic E-state index is 6.05. The van der Waals surface area contributed by atoms with Gasteiger partial charge in [0.25, 0.3) is 0 Å². The molecule has 11 nitrogen and oxygen atoms in total. The zero-order chi connectivity index (χ0) is 34.4. The van der Waals surface area contributed by atoms with Crippen LogP contribution in [0.25, 0.3) is 27.9 Å². The van der Waals surface area contributed by atoms with Crippen molar-refractivity contribution in [2.24, 2.45) is 0 Å². The van der Waals surface area contributed by atoms with E-state index in [2.05, 4.69) is 80.6 Å². The standard InChI is InChI=1S/C22H22N4O2.C17H14BrN3O2/c1-21(2)9-14(10-23-21)16-7-8-17-20(25-16)26-19(24-17)11-27-12-22(26)13-28-18-6-4-3-5-15(18)22;18-14-6-5-12-16(20-14)21-15(19-12)9-22-10-17(21)7-8-23-13-4-2-1-3-11(13)17/h3-9,23H,10-13H2,1-2H3;1-6H,7-10H2. The molecular formula is C39H36BrN7O4. The Morgan fingerprint density at radius 3 is 2.04 bits per heavy atom. The van der Waals surface area contributed by atoms with Crippen molar-refractivity contribution < 1.29 is 18.9 Å². The molecule has 0 saturated heterocycles. The van der Waals surface area contributed by atoms with Crippen LogP contribution in [0.3, 0.4) is 0 Å². The highest BCUT2D eigenvalue weighted by Gasteiger charge is 2.48. The minimum Gasteiger partial charge on any atom is -0.493 e. The molecule has 0 bridgehead atoms. The van der Waals surface area contributed by atoms with E-state index in [1.54, 1.807) is 0 Å². The number of halogens is 1. The molecule has 9 heterocycles. The first-order valence-electron chi connectivity index (χ1n) is 17.3. The number of benzene rings is 2. The molecule has 51 heavy (non-hydrogen) atoms. The smallest absolute Gasteiger partial charge is 0.162 e. The van der Waals surface area contributed by atoms with Gasteiger partial charge in [0, 0.05) is 29.6 Å². The van der Waals surface area contributed by atoms with Gasteiger partial charge in [-0.1, -0.05) is 42.5 Å². The lowest BCUT2D eigenvalue weighted by Gasteiger charge is -2.43. The Labute approximate surface area is 302 Å². The Hall–Kier alpha value is -4.62. The molecule has 2 spiro atoms. The quantitative estimate of drug-likeness (QED) is 0.199. The van der Waals surface area contributed by atoms with E-state index in [1.165, 1.54) is 5.57 Å². The normalized spacial score (nSPS) is 23.9. The zero-order valence-corrected chi connectivity index (χ0v) is 29.9. The number of hydrogen-bond donors (Lipinski definition) is 1. The summed E-state index contributed by atoms with van der Waals surface area (Å²) in [5.74, 6) is 3.67. The molecule has 258 valence electrons. The van der Waals surface area contributed by atoms with Gasteiger partial charge in [0.2, 0.25) is 0 Å². The molecule has 12 heteroatoms. The highest BCUT2D eigenvalue weighted by atomic mass is 79.9. The summed E-state index contributed by atoms with van der Waals surface area (Å²) in [5, 5.41) is 3.52. The van der Waals surface area contributed by atoms with Gasteiger partial charge in [-0.25, -0.2) is 19.9 Å². The van der Waals surface area contributed by atoms with E-state index in [4.69, 9.17) is 38.9 Å². The molecule has 2 unspecified atom stereocenters. The third-order valence-electron chi connectivity index (χ3n) is 10.7. The van der Waals surface area contributed by atoms with Crippen molar-refractivity contribution >= 4 is 43.8 Å². The molecular weight excluding hydrogens is 710 g/mol. The summed E-state index contributed by atoms with van der Waals surface area (Å²) in [7, 11) is 0. The number of aromatic nitrogens is 6. The van der Waals surface area contributed by atoms with Crippen molar-refractivity contribution in [1.29, 1.82) is 0 Å². The van der Waals surface area contributed by atoms with Crippen molar-refractivity contribution in [3.05, 3.63) is 112 Å². The van der Waals surface area contributed by atoms with Gasteiger partial charge in [0.1, 0.15) is 69.7 Å². The first-order valence-corrected chi connectivity index (χ1v) is 18.1. The number of imidazole rings is 2. The number of para-hydroxylation sites is 2. The van der Waals surface area contributed by atoms with Gasteiger partial charge in [-0.05, 0) is 71.7 Å². The third kappa shape index (κ3) is 4.80. The van der Waals surface area contributed by atoms with Crippen molar-refractivity contribution in [2.45, 2.75) is 50.1 Å². The third-order valence-corrected chi connectivity index (χ3v) is 11.2. The van der Waals surface area contributed by atoms with Crippen LogP contribution in [0.4, 0.5) is 0 Å². The number of rotatable bonds is 1. The Kier molecular flexibility index (Phi) is 6.99. The highest BCUT2D eigenvalue weighted by Crippen LogP contribution is 2.46. The van der Waals surface area contributed by atoms with E-state index < -0.39 is 5.54 Å². The number of nitrogens with zero attached hydrogens (tertiary/aromatic N) is 6. The van der Waals surface area contributed by atoms with E-state index in [0.29, 0.717) is 39.6 Å². The Morgan fingerprint density at radius 2 is 1.31 bits per heavy atom.